The molecule has 0 fully saturated rings. The average Bonchev–Trinajstić information content (AvgIpc) is 2.61. The molecule has 0 bridgehead atoms. The van der Waals surface area contributed by atoms with E-state index < -0.39 is 11.9 Å². The van der Waals surface area contributed by atoms with Gasteiger partial charge in [-0.15, -0.1) is 0 Å². The van der Waals surface area contributed by atoms with E-state index in [4.69, 9.17) is 0 Å². The van der Waals surface area contributed by atoms with E-state index in [9.17, 15) is 14.9 Å². The van der Waals surface area contributed by atoms with Crippen LogP contribution in [0.2, 0.25) is 0 Å². The van der Waals surface area contributed by atoms with Crippen LogP contribution in [-0.4, -0.2) is 19.0 Å². The number of nitrogens with one attached hydrogen (secondary N) is 1. The molecule has 0 aliphatic heterocycles. The van der Waals surface area contributed by atoms with E-state index in [1.807, 2.05) is 38.1 Å². The van der Waals surface area contributed by atoms with Crippen LogP contribution in [0.25, 0.3) is 6.08 Å². The number of amides is 1. The number of ether oxygens (including phenoxy) is 1. The molecule has 25 heavy (non-hydrogen) atoms. The fourth-order valence-electron chi connectivity index (χ4n) is 2.29. The Labute approximate surface area is 146 Å². The lowest BCUT2D eigenvalue weighted by molar-refractivity contribution is -0.112. The fraction of sp³-hybridized carbons (Fsp3) is 0.150. The predicted octanol–water partition coefficient (Wildman–Crippen LogP) is 3.64. The van der Waals surface area contributed by atoms with Crippen molar-refractivity contribution in [2.45, 2.75) is 13.8 Å². The Morgan fingerprint density at radius 2 is 1.80 bits per heavy atom. The van der Waals surface area contributed by atoms with Crippen molar-refractivity contribution >= 4 is 23.6 Å². The summed E-state index contributed by atoms with van der Waals surface area (Å²) < 4.78 is 4.63. The fourth-order valence-corrected chi connectivity index (χ4v) is 2.29. The number of nitriles is 1. The third kappa shape index (κ3) is 4.55. The molecule has 2 aromatic carbocycles. The molecule has 5 nitrogen and oxygen atoms in total. The van der Waals surface area contributed by atoms with E-state index in [0.29, 0.717) is 16.8 Å². The van der Waals surface area contributed by atoms with Crippen LogP contribution in [-0.2, 0) is 9.53 Å². The minimum atomic E-state index is -0.480. The van der Waals surface area contributed by atoms with Crippen molar-refractivity contribution in [2.24, 2.45) is 0 Å². The second-order valence-corrected chi connectivity index (χ2v) is 5.56. The molecule has 0 radical (unpaired) electrons. The van der Waals surface area contributed by atoms with Crippen molar-refractivity contribution < 1.29 is 14.3 Å². The number of rotatable bonds is 4. The Kier molecular flexibility index (Phi) is 5.70. The summed E-state index contributed by atoms with van der Waals surface area (Å²) in [5, 5.41) is 12.0. The van der Waals surface area contributed by atoms with Gasteiger partial charge in [-0.25, -0.2) is 4.79 Å². The van der Waals surface area contributed by atoms with E-state index in [0.717, 1.165) is 11.1 Å². The number of esters is 1. The zero-order valence-electron chi connectivity index (χ0n) is 14.3. The highest BCUT2D eigenvalue weighted by Crippen LogP contribution is 2.17. The third-order valence-electron chi connectivity index (χ3n) is 3.64. The number of carbonyl (C=O) groups excluding carboxylic acids is 2. The highest BCUT2D eigenvalue weighted by Gasteiger charge is 2.11. The van der Waals surface area contributed by atoms with E-state index in [1.165, 1.54) is 13.2 Å². The van der Waals surface area contributed by atoms with Gasteiger partial charge in [0.2, 0.25) is 0 Å². The summed E-state index contributed by atoms with van der Waals surface area (Å²) in [6.45, 7) is 3.86. The summed E-state index contributed by atoms with van der Waals surface area (Å²) in [4.78, 5) is 23.7. The summed E-state index contributed by atoms with van der Waals surface area (Å²) in [5.74, 6) is -0.921. The summed E-state index contributed by atoms with van der Waals surface area (Å²) in [6.07, 6.45) is 1.47. The van der Waals surface area contributed by atoms with Crippen molar-refractivity contribution in [1.29, 1.82) is 5.26 Å². The van der Waals surface area contributed by atoms with E-state index in [2.05, 4.69) is 10.1 Å². The predicted molar refractivity (Wildman–Crippen MR) is 95.9 cm³/mol. The van der Waals surface area contributed by atoms with Crippen LogP contribution < -0.4 is 5.32 Å². The number of hydrogen-bond donors (Lipinski definition) is 1. The number of methoxy groups -OCH3 is 1. The SMILES string of the molecule is COC(=O)c1ccc(/C=C(/C#N)C(=O)Nc2ccc(C)cc2C)cc1. The van der Waals surface area contributed by atoms with Crippen molar-refractivity contribution in [1.82, 2.24) is 0 Å². The minimum absolute atomic E-state index is 0.0224. The van der Waals surface area contributed by atoms with Gasteiger partial charge in [-0.1, -0.05) is 29.8 Å². The normalized spacial score (nSPS) is 10.7. The first kappa shape index (κ1) is 18.0. The molecule has 0 saturated heterocycles. The Balaban J connectivity index is 2.20. The van der Waals surface area contributed by atoms with Crippen molar-refractivity contribution in [3.8, 4) is 6.07 Å². The molecule has 5 heteroatoms. The number of hydrogen-bond acceptors (Lipinski definition) is 4. The highest BCUT2D eigenvalue weighted by atomic mass is 16.5. The van der Waals surface area contributed by atoms with Gasteiger partial charge in [0.05, 0.1) is 12.7 Å². The number of anilines is 1. The van der Waals surface area contributed by atoms with E-state index in [-0.39, 0.29) is 5.57 Å². The Hall–Kier alpha value is -3.39. The monoisotopic (exact) mass is 334 g/mol. The van der Waals surface area contributed by atoms with Crippen LogP contribution in [0.3, 0.4) is 0 Å². The van der Waals surface area contributed by atoms with E-state index >= 15 is 0 Å². The van der Waals surface area contributed by atoms with Gasteiger partial charge in [0.25, 0.3) is 5.91 Å². The lowest BCUT2D eigenvalue weighted by atomic mass is 10.1. The molecule has 0 aliphatic carbocycles. The van der Waals surface area contributed by atoms with Gasteiger partial charge >= 0.3 is 5.97 Å². The molecule has 2 rings (SSSR count). The first-order chi connectivity index (χ1) is 11.9. The number of carbonyl (C=O) groups is 2. The molecule has 0 spiro atoms. The molecule has 0 aromatic heterocycles. The molecular weight excluding hydrogens is 316 g/mol. The average molecular weight is 334 g/mol. The number of aryl methyl sites for hydroxylation is 2. The van der Waals surface area contributed by atoms with Gasteiger partial charge < -0.3 is 10.1 Å². The maximum absolute atomic E-state index is 12.3. The van der Waals surface area contributed by atoms with E-state index in [1.54, 1.807) is 24.3 Å². The zero-order chi connectivity index (χ0) is 18.4. The third-order valence-corrected chi connectivity index (χ3v) is 3.64. The van der Waals surface area contributed by atoms with Gasteiger partial charge in [-0.3, -0.25) is 4.79 Å². The second kappa shape index (κ2) is 7.93. The van der Waals surface area contributed by atoms with Crippen LogP contribution in [0.4, 0.5) is 5.69 Å². The molecule has 1 amide bonds. The standard InChI is InChI=1S/C20H18N2O3/c1-13-4-9-18(14(2)10-13)22-19(23)17(12-21)11-15-5-7-16(8-6-15)20(24)25-3/h4-11H,1-3H3,(H,22,23)/b17-11-. The van der Waals surface area contributed by atoms with Gasteiger partial charge in [0, 0.05) is 5.69 Å². The molecule has 126 valence electrons. The Morgan fingerprint density at radius 1 is 1.12 bits per heavy atom. The van der Waals surface area contributed by atoms with Crippen molar-refractivity contribution in [3.05, 3.63) is 70.3 Å². The van der Waals surface area contributed by atoms with Crippen LogP contribution in [0, 0.1) is 25.2 Å². The molecular formula is C20H18N2O3. The highest BCUT2D eigenvalue weighted by molar-refractivity contribution is 6.10. The Bertz CT molecular complexity index is 875. The summed E-state index contributed by atoms with van der Waals surface area (Å²) in [7, 11) is 1.31. The molecule has 0 unspecified atom stereocenters. The molecule has 0 heterocycles. The lowest BCUT2D eigenvalue weighted by Gasteiger charge is -2.08. The minimum Gasteiger partial charge on any atom is -0.465 e. The largest absolute Gasteiger partial charge is 0.465 e. The van der Waals surface area contributed by atoms with Gasteiger partial charge in [-0.2, -0.15) is 5.26 Å². The first-order valence-electron chi connectivity index (χ1n) is 7.63. The van der Waals surface area contributed by atoms with Gasteiger partial charge in [0.15, 0.2) is 0 Å². The number of benzene rings is 2. The van der Waals surface area contributed by atoms with Crippen LogP contribution >= 0.6 is 0 Å². The molecule has 0 atom stereocenters. The summed E-state index contributed by atoms with van der Waals surface area (Å²) >= 11 is 0. The topological polar surface area (TPSA) is 79.2 Å². The zero-order valence-corrected chi connectivity index (χ0v) is 14.3. The van der Waals surface area contributed by atoms with Crippen molar-refractivity contribution in [2.75, 3.05) is 12.4 Å². The van der Waals surface area contributed by atoms with Crippen LogP contribution in [0.15, 0.2) is 48.0 Å². The Morgan fingerprint density at radius 3 is 2.36 bits per heavy atom. The molecule has 0 saturated carbocycles. The quantitative estimate of drug-likeness (QED) is 0.526. The molecule has 2 aromatic rings. The molecule has 0 aliphatic rings. The summed E-state index contributed by atoms with van der Waals surface area (Å²) in [6, 6.07) is 14.0. The second-order valence-electron chi connectivity index (χ2n) is 5.56. The van der Waals surface area contributed by atoms with Gasteiger partial charge in [0.1, 0.15) is 11.6 Å². The maximum atomic E-state index is 12.3. The van der Waals surface area contributed by atoms with Crippen LogP contribution in [0.5, 0.6) is 0 Å². The smallest absolute Gasteiger partial charge is 0.337 e. The van der Waals surface area contributed by atoms with Crippen LogP contribution in [0.1, 0.15) is 27.0 Å². The van der Waals surface area contributed by atoms with Crippen molar-refractivity contribution in [3.63, 3.8) is 0 Å². The lowest BCUT2D eigenvalue weighted by Crippen LogP contribution is -2.14. The van der Waals surface area contributed by atoms with Gasteiger partial charge in [-0.05, 0) is 49.2 Å². The maximum Gasteiger partial charge on any atom is 0.337 e. The number of nitrogens with zero attached hydrogens (tertiary/aromatic N) is 1. The molecule has 1 N–H and O–H groups in total. The first-order valence-corrected chi connectivity index (χ1v) is 7.63. The summed E-state index contributed by atoms with van der Waals surface area (Å²) in [5.41, 5.74) is 3.70.